The van der Waals surface area contributed by atoms with Crippen molar-refractivity contribution in [3.63, 3.8) is 0 Å². The molecule has 0 aliphatic carbocycles. The van der Waals surface area contributed by atoms with Crippen LogP contribution in [0.3, 0.4) is 0 Å². The molecule has 122 valence electrons. The summed E-state index contributed by atoms with van der Waals surface area (Å²) < 4.78 is 2.08. The van der Waals surface area contributed by atoms with Gasteiger partial charge in [0.1, 0.15) is 5.69 Å². The summed E-state index contributed by atoms with van der Waals surface area (Å²) in [6.07, 6.45) is 1.74. The zero-order valence-electron chi connectivity index (χ0n) is 13.2. The van der Waals surface area contributed by atoms with E-state index in [0.29, 0.717) is 6.54 Å². The lowest BCUT2D eigenvalue weighted by Crippen LogP contribution is -2.03. The summed E-state index contributed by atoms with van der Waals surface area (Å²) in [6.45, 7) is 0.560. The van der Waals surface area contributed by atoms with Gasteiger partial charge < -0.3 is 4.57 Å². The first kappa shape index (κ1) is 15.0. The summed E-state index contributed by atoms with van der Waals surface area (Å²) in [6, 6.07) is 20.2. The second-order valence-corrected chi connectivity index (χ2v) is 5.65. The minimum absolute atomic E-state index is 0.0872. The molecule has 0 atom stereocenters. The van der Waals surface area contributed by atoms with Crippen LogP contribution in [0.4, 0.5) is 5.69 Å². The minimum Gasteiger partial charge on any atom is -0.318 e. The molecule has 0 N–H and O–H groups in total. The summed E-state index contributed by atoms with van der Waals surface area (Å²) in [7, 11) is 0. The molecule has 0 aliphatic heterocycles. The van der Waals surface area contributed by atoms with Crippen molar-refractivity contribution in [2.45, 2.75) is 6.54 Å². The van der Waals surface area contributed by atoms with Crippen LogP contribution in [0.5, 0.6) is 0 Å². The number of aromatic nitrogens is 3. The zero-order valence-corrected chi connectivity index (χ0v) is 13.2. The van der Waals surface area contributed by atoms with Gasteiger partial charge in [-0.15, -0.1) is 0 Å². The lowest BCUT2D eigenvalue weighted by Gasteiger charge is -2.09. The Morgan fingerprint density at radius 2 is 1.72 bits per heavy atom. The molecule has 6 heteroatoms. The molecule has 2 aromatic heterocycles. The lowest BCUT2D eigenvalue weighted by atomic mass is 10.2. The number of fused-ring (bicyclic) bond motifs is 1. The average Bonchev–Trinajstić information content (AvgIpc) is 3.02. The number of pyridine rings is 1. The van der Waals surface area contributed by atoms with Crippen molar-refractivity contribution in [2.75, 3.05) is 0 Å². The number of rotatable bonds is 4. The van der Waals surface area contributed by atoms with Crippen molar-refractivity contribution in [2.24, 2.45) is 0 Å². The summed E-state index contributed by atoms with van der Waals surface area (Å²) in [5.41, 5.74) is 3.74. The van der Waals surface area contributed by atoms with Crippen molar-refractivity contribution < 1.29 is 4.92 Å². The third kappa shape index (κ3) is 2.85. The minimum atomic E-state index is -0.393. The van der Waals surface area contributed by atoms with Gasteiger partial charge in [-0.05, 0) is 29.8 Å². The van der Waals surface area contributed by atoms with Crippen LogP contribution in [0.1, 0.15) is 5.56 Å². The van der Waals surface area contributed by atoms with Gasteiger partial charge in [-0.2, -0.15) is 0 Å². The molecule has 0 spiro atoms. The maximum Gasteiger partial charge on any atom is 0.269 e. The van der Waals surface area contributed by atoms with Crippen LogP contribution in [0.15, 0.2) is 72.9 Å². The molecule has 2 heterocycles. The predicted octanol–water partition coefficient (Wildman–Crippen LogP) is 4.05. The van der Waals surface area contributed by atoms with E-state index < -0.39 is 4.92 Å². The standard InChI is InChI=1S/C19H14N4O2/c24-23(25)15-10-8-14(9-11-15)13-22-18-7-2-1-5-16(18)21-19(22)17-6-3-4-12-20-17/h1-12H,13H2. The first-order valence-corrected chi connectivity index (χ1v) is 7.82. The van der Waals surface area contributed by atoms with Gasteiger partial charge >= 0.3 is 0 Å². The van der Waals surface area contributed by atoms with Crippen LogP contribution >= 0.6 is 0 Å². The second-order valence-electron chi connectivity index (χ2n) is 5.65. The number of hydrogen-bond acceptors (Lipinski definition) is 4. The fourth-order valence-electron chi connectivity index (χ4n) is 2.83. The van der Waals surface area contributed by atoms with Crippen LogP contribution in [0.2, 0.25) is 0 Å². The molecule has 0 radical (unpaired) electrons. The third-order valence-corrected chi connectivity index (χ3v) is 4.04. The first-order chi connectivity index (χ1) is 12.2. The van der Waals surface area contributed by atoms with Gasteiger partial charge in [-0.1, -0.05) is 30.3 Å². The van der Waals surface area contributed by atoms with Crippen molar-refractivity contribution >= 4 is 16.7 Å². The van der Waals surface area contributed by atoms with Crippen LogP contribution in [-0.2, 0) is 6.54 Å². The van der Waals surface area contributed by atoms with Crippen molar-refractivity contribution in [3.05, 3.63) is 88.6 Å². The third-order valence-electron chi connectivity index (χ3n) is 4.04. The Labute approximate surface area is 143 Å². The van der Waals surface area contributed by atoms with Gasteiger partial charge in [-0.25, -0.2) is 4.98 Å². The topological polar surface area (TPSA) is 73.8 Å². The number of benzene rings is 2. The molecule has 25 heavy (non-hydrogen) atoms. The van der Waals surface area contributed by atoms with Crippen molar-refractivity contribution in [3.8, 4) is 11.5 Å². The Hall–Kier alpha value is -3.54. The number of hydrogen-bond donors (Lipinski definition) is 0. The van der Waals surface area contributed by atoms with Gasteiger partial charge in [0, 0.05) is 24.9 Å². The van der Waals surface area contributed by atoms with Gasteiger partial charge in [0.2, 0.25) is 0 Å². The van der Waals surface area contributed by atoms with E-state index in [4.69, 9.17) is 4.98 Å². The highest BCUT2D eigenvalue weighted by atomic mass is 16.6. The normalized spacial score (nSPS) is 10.9. The molecular weight excluding hydrogens is 316 g/mol. The van der Waals surface area contributed by atoms with E-state index in [1.165, 1.54) is 12.1 Å². The Kier molecular flexibility index (Phi) is 3.70. The van der Waals surface area contributed by atoms with Crippen LogP contribution in [0.25, 0.3) is 22.6 Å². The van der Waals surface area contributed by atoms with Crippen LogP contribution < -0.4 is 0 Å². The molecule has 0 amide bonds. The molecule has 2 aromatic carbocycles. The monoisotopic (exact) mass is 330 g/mol. The van der Waals surface area contributed by atoms with Crippen LogP contribution in [-0.4, -0.2) is 19.5 Å². The molecule has 4 aromatic rings. The summed E-state index contributed by atoms with van der Waals surface area (Å²) in [4.78, 5) is 19.6. The quantitative estimate of drug-likeness (QED) is 0.418. The number of nitrogens with zero attached hydrogens (tertiary/aromatic N) is 4. The molecule has 0 unspecified atom stereocenters. The maximum absolute atomic E-state index is 10.8. The van der Waals surface area contributed by atoms with E-state index in [1.807, 2.05) is 42.5 Å². The van der Waals surface area contributed by atoms with Gasteiger partial charge in [0.15, 0.2) is 5.82 Å². The average molecular weight is 330 g/mol. The molecule has 0 aliphatic rings. The Bertz CT molecular complexity index is 1040. The fourth-order valence-corrected chi connectivity index (χ4v) is 2.83. The number of nitro benzene ring substituents is 1. The largest absolute Gasteiger partial charge is 0.318 e. The summed E-state index contributed by atoms with van der Waals surface area (Å²) in [5.74, 6) is 0.778. The Morgan fingerprint density at radius 1 is 0.960 bits per heavy atom. The number of non-ortho nitro benzene ring substituents is 1. The first-order valence-electron chi connectivity index (χ1n) is 7.82. The molecule has 4 rings (SSSR count). The van der Waals surface area contributed by atoms with Gasteiger partial charge in [0.25, 0.3) is 5.69 Å². The Morgan fingerprint density at radius 3 is 2.44 bits per heavy atom. The van der Waals surface area contributed by atoms with E-state index in [-0.39, 0.29) is 5.69 Å². The van der Waals surface area contributed by atoms with Gasteiger partial charge in [0.05, 0.1) is 16.0 Å². The molecule has 0 saturated heterocycles. The van der Waals surface area contributed by atoms with Gasteiger partial charge in [-0.3, -0.25) is 15.1 Å². The van der Waals surface area contributed by atoms with E-state index >= 15 is 0 Å². The highest BCUT2D eigenvalue weighted by Gasteiger charge is 2.14. The molecule has 6 nitrogen and oxygen atoms in total. The molecule has 0 saturated carbocycles. The van der Waals surface area contributed by atoms with E-state index in [9.17, 15) is 10.1 Å². The molecular formula is C19H14N4O2. The highest BCUT2D eigenvalue weighted by molar-refractivity contribution is 5.80. The van der Waals surface area contributed by atoms with Crippen molar-refractivity contribution in [1.29, 1.82) is 0 Å². The molecule has 0 bridgehead atoms. The number of nitro groups is 1. The number of para-hydroxylation sites is 2. The number of imidazole rings is 1. The second kappa shape index (κ2) is 6.16. The Balaban J connectivity index is 1.81. The zero-order chi connectivity index (χ0) is 17.2. The smallest absolute Gasteiger partial charge is 0.269 e. The van der Waals surface area contributed by atoms with Crippen molar-refractivity contribution in [1.82, 2.24) is 14.5 Å². The SMILES string of the molecule is O=[N+]([O-])c1ccc(Cn2c(-c3ccccn3)nc3ccccc32)cc1. The van der Waals surface area contributed by atoms with E-state index in [1.54, 1.807) is 18.3 Å². The van der Waals surface area contributed by atoms with E-state index in [2.05, 4.69) is 9.55 Å². The predicted molar refractivity (Wildman–Crippen MR) is 95.2 cm³/mol. The highest BCUT2D eigenvalue weighted by Crippen LogP contribution is 2.25. The lowest BCUT2D eigenvalue weighted by molar-refractivity contribution is -0.384. The summed E-state index contributed by atoms with van der Waals surface area (Å²) >= 11 is 0. The van der Waals surface area contributed by atoms with E-state index in [0.717, 1.165) is 28.1 Å². The maximum atomic E-state index is 10.8. The molecule has 0 fully saturated rings. The summed E-state index contributed by atoms with van der Waals surface area (Å²) in [5, 5.41) is 10.8. The van der Waals surface area contributed by atoms with Crippen LogP contribution in [0, 0.1) is 10.1 Å². The fraction of sp³-hybridized carbons (Fsp3) is 0.0526.